The van der Waals surface area contributed by atoms with Gasteiger partial charge in [0.05, 0.1) is 20.3 Å². The van der Waals surface area contributed by atoms with E-state index < -0.39 is 0 Å². The van der Waals surface area contributed by atoms with E-state index in [1.807, 2.05) is 48.5 Å². The predicted molar refractivity (Wildman–Crippen MR) is 113 cm³/mol. The number of benzene rings is 2. The Hall–Kier alpha value is -2.24. The molecule has 2 aromatic carbocycles. The van der Waals surface area contributed by atoms with Crippen molar-refractivity contribution in [2.75, 3.05) is 27.3 Å². The predicted octanol–water partition coefficient (Wildman–Crippen LogP) is 3.72. The van der Waals surface area contributed by atoms with Crippen LogP contribution in [0.5, 0.6) is 11.5 Å². The Labute approximate surface area is 173 Å². The van der Waals surface area contributed by atoms with Gasteiger partial charge in [-0.3, -0.25) is 4.79 Å². The number of hydrogen-bond acceptors (Lipinski definition) is 4. The second kappa shape index (κ2) is 10.9. The Kier molecular flexibility index (Phi) is 8.61. The van der Waals surface area contributed by atoms with Crippen molar-refractivity contribution in [2.45, 2.75) is 25.3 Å². The van der Waals surface area contributed by atoms with Crippen LogP contribution in [0.1, 0.15) is 36.4 Å². The van der Waals surface area contributed by atoms with E-state index in [-0.39, 0.29) is 24.4 Å². The fourth-order valence-corrected chi connectivity index (χ4v) is 3.53. The summed E-state index contributed by atoms with van der Waals surface area (Å²) in [6.45, 7) is 2.07. The summed E-state index contributed by atoms with van der Waals surface area (Å²) in [4.78, 5) is 12.7. The fourth-order valence-electron chi connectivity index (χ4n) is 3.53. The molecule has 2 aromatic rings. The Morgan fingerprint density at radius 1 is 1.11 bits per heavy atom. The van der Waals surface area contributed by atoms with Crippen LogP contribution in [-0.4, -0.2) is 33.2 Å². The van der Waals surface area contributed by atoms with Gasteiger partial charge in [0.2, 0.25) is 5.91 Å². The zero-order valence-corrected chi connectivity index (χ0v) is 17.3. The minimum atomic E-state index is -0.246. The van der Waals surface area contributed by atoms with Crippen LogP contribution < -0.4 is 20.1 Å². The van der Waals surface area contributed by atoms with Crippen molar-refractivity contribution in [1.82, 2.24) is 10.6 Å². The molecule has 1 saturated heterocycles. The van der Waals surface area contributed by atoms with Crippen LogP contribution >= 0.6 is 12.4 Å². The van der Waals surface area contributed by atoms with E-state index in [1.54, 1.807) is 14.2 Å². The third-order valence-corrected chi connectivity index (χ3v) is 5.10. The molecule has 3 rings (SSSR count). The van der Waals surface area contributed by atoms with Gasteiger partial charge < -0.3 is 20.1 Å². The first-order chi connectivity index (χ1) is 13.2. The van der Waals surface area contributed by atoms with Gasteiger partial charge in [-0.05, 0) is 67.2 Å². The molecule has 0 aliphatic carbocycles. The summed E-state index contributed by atoms with van der Waals surface area (Å²) in [6.07, 6.45) is 2.61. The third-order valence-electron chi connectivity index (χ3n) is 5.10. The summed E-state index contributed by atoms with van der Waals surface area (Å²) >= 11 is 0. The van der Waals surface area contributed by atoms with Gasteiger partial charge in [-0.25, -0.2) is 0 Å². The first-order valence-electron chi connectivity index (χ1n) is 9.47. The molecule has 0 saturated carbocycles. The number of halogens is 1. The molecule has 1 aliphatic rings. The highest BCUT2D eigenvalue weighted by Crippen LogP contribution is 2.28. The van der Waals surface area contributed by atoms with E-state index in [2.05, 4.69) is 10.6 Å². The number of methoxy groups -OCH3 is 2. The first kappa shape index (κ1) is 22.1. The lowest BCUT2D eigenvalue weighted by Crippen LogP contribution is -2.29. The van der Waals surface area contributed by atoms with E-state index in [4.69, 9.17) is 9.47 Å². The normalized spacial score (nSPS) is 15.8. The maximum Gasteiger partial charge on any atom is 0.220 e. The van der Waals surface area contributed by atoms with Crippen molar-refractivity contribution in [3.63, 3.8) is 0 Å². The minimum Gasteiger partial charge on any atom is -0.497 e. The van der Waals surface area contributed by atoms with E-state index in [9.17, 15) is 4.79 Å². The molecule has 1 aliphatic heterocycles. The SMILES string of the molecule is COc1cccc(C(NC(=O)CCC2CCNC2)c2cccc(OC)c2)c1.Cl. The second-order valence-electron chi connectivity index (χ2n) is 6.95. The summed E-state index contributed by atoms with van der Waals surface area (Å²) in [6, 6.07) is 15.4. The lowest BCUT2D eigenvalue weighted by Gasteiger charge is -2.21. The van der Waals surface area contributed by atoms with Gasteiger partial charge in [0.15, 0.2) is 0 Å². The number of amides is 1. The van der Waals surface area contributed by atoms with Gasteiger partial charge in [-0.1, -0.05) is 24.3 Å². The largest absolute Gasteiger partial charge is 0.497 e. The van der Waals surface area contributed by atoms with Gasteiger partial charge in [-0.15, -0.1) is 12.4 Å². The van der Waals surface area contributed by atoms with Crippen LogP contribution in [-0.2, 0) is 4.79 Å². The van der Waals surface area contributed by atoms with Gasteiger partial charge in [0.25, 0.3) is 0 Å². The van der Waals surface area contributed by atoms with E-state index in [0.717, 1.165) is 48.6 Å². The van der Waals surface area contributed by atoms with E-state index in [1.165, 1.54) is 0 Å². The molecule has 1 heterocycles. The van der Waals surface area contributed by atoms with Gasteiger partial charge in [-0.2, -0.15) is 0 Å². The lowest BCUT2D eigenvalue weighted by molar-refractivity contribution is -0.121. The third kappa shape index (κ3) is 5.88. The minimum absolute atomic E-state index is 0. The smallest absolute Gasteiger partial charge is 0.220 e. The fraction of sp³-hybridized carbons (Fsp3) is 0.409. The van der Waals surface area contributed by atoms with Crippen LogP contribution in [0.15, 0.2) is 48.5 Å². The molecule has 1 fully saturated rings. The molecule has 0 spiro atoms. The van der Waals surface area contributed by atoms with E-state index in [0.29, 0.717) is 12.3 Å². The number of nitrogens with one attached hydrogen (secondary N) is 2. The van der Waals surface area contributed by atoms with Crippen LogP contribution in [0, 0.1) is 5.92 Å². The van der Waals surface area contributed by atoms with Crippen LogP contribution in [0.2, 0.25) is 0 Å². The lowest BCUT2D eigenvalue weighted by atomic mass is 9.97. The maximum atomic E-state index is 12.7. The maximum absolute atomic E-state index is 12.7. The van der Waals surface area contributed by atoms with Crippen molar-refractivity contribution in [3.05, 3.63) is 59.7 Å². The highest BCUT2D eigenvalue weighted by atomic mass is 35.5. The van der Waals surface area contributed by atoms with Gasteiger partial charge >= 0.3 is 0 Å². The first-order valence-corrected chi connectivity index (χ1v) is 9.47. The monoisotopic (exact) mass is 404 g/mol. The Balaban J connectivity index is 0.00000280. The van der Waals surface area contributed by atoms with Crippen molar-refractivity contribution < 1.29 is 14.3 Å². The summed E-state index contributed by atoms with van der Waals surface area (Å²) in [5.41, 5.74) is 1.97. The van der Waals surface area contributed by atoms with Crippen LogP contribution in [0.25, 0.3) is 0 Å². The Morgan fingerprint density at radius 3 is 2.21 bits per heavy atom. The average molecular weight is 405 g/mol. The molecule has 5 nitrogen and oxygen atoms in total. The molecule has 1 amide bonds. The summed E-state index contributed by atoms with van der Waals surface area (Å²) < 4.78 is 10.7. The van der Waals surface area contributed by atoms with E-state index >= 15 is 0 Å². The number of carbonyl (C=O) groups excluding carboxylic acids is 1. The molecule has 0 aromatic heterocycles. The number of hydrogen-bond donors (Lipinski definition) is 2. The summed E-state index contributed by atoms with van der Waals surface area (Å²) in [5, 5.41) is 6.56. The molecule has 0 bridgehead atoms. The van der Waals surface area contributed by atoms with Crippen LogP contribution in [0.3, 0.4) is 0 Å². The highest BCUT2D eigenvalue weighted by molar-refractivity contribution is 5.85. The molecule has 0 radical (unpaired) electrons. The van der Waals surface area contributed by atoms with Crippen molar-refractivity contribution in [1.29, 1.82) is 0 Å². The molecule has 1 unspecified atom stereocenters. The Morgan fingerprint density at radius 2 is 1.71 bits per heavy atom. The molecule has 28 heavy (non-hydrogen) atoms. The van der Waals surface area contributed by atoms with Crippen LogP contribution in [0.4, 0.5) is 0 Å². The summed E-state index contributed by atoms with van der Waals surface area (Å²) in [5.74, 6) is 2.21. The molecular formula is C22H29ClN2O3. The number of ether oxygens (including phenoxy) is 2. The van der Waals surface area contributed by atoms with Crippen molar-refractivity contribution >= 4 is 18.3 Å². The molecular weight excluding hydrogens is 376 g/mol. The van der Waals surface area contributed by atoms with Gasteiger partial charge in [0.1, 0.15) is 11.5 Å². The quantitative estimate of drug-likeness (QED) is 0.704. The molecule has 1 atom stereocenters. The zero-order valence-electron chi connectivity index (χ0n) is 16.4. The average Bonchev–Trinajstić information content (AvgIpc) is 3.24. The number of rotatable bonds is 8. The zero-order chi connectivity index (χ0) is 19.1. The standard InChI is InChI=1S/C22H28N2O3.ClH/c1-26-19-7-3-5-17(13-19)22(18-6-4-8-20(14-18)27-2)24-21(25)10-9-16-11-12-23-15-16;/h3-8,13-14,16,22-23H,9-12,15H2,1-2H3,(H,24,25);1H. The highest BCUT2D eigenvalue weighted by Gasteiger charge is 2.20. The molecule has 6 heteroatoms. The Bertz CT molecular complexity index is 715. The second-order valence-corrected chi connectivity index (χ2v) is 6.95. The van der Waals surface area contributed by atoms with Gasteiger partial charge in [0, 0.05) is 6.42 Å². The molecule has 2 N–H and O–H groups in total. The number of carbonyl (C=O) groups is 1. The summed E-state index contributed by atoms with van der Waals surface area (Å²) in [7, 11) is 3.29. The molecule has 152 valence electrons. The van der Waals surface area contributed by atoms with Crippen molar-refractivity contribution in [2.24, 2.45) is 5.92 Å². The topological polar surface area (TPSA) is 59.6 Å². The van der Waals surface area contributed by atoms with Crippen molar-refractivity contribution in [3.8, 4) is 11.5 Å².